The van der Waals surface area contributed by atoms with Crippen LogP contribution in [0.15, 0.2) is 12.1 Å². The molecule has 0 radical (unpaired) electrons. The van der Waals surface area contributed by atoms with E-state index in [0.29, 0.717) is 28.8 Å². The predicted octanol–water partition coefficient (Wildman–Crippen LogP) is 3.73. The van der Waals surface area contributed by atoms with Gasteiger partial charge < -0.3 is 15.4 Å². The average molecular weight is 311 g/mol. The van der Waals surface area contributed by atoms with Crippen LogP contribution in [0.4, 0.5) is 11.4 Å². The fourth-order valence-electron chi connectivity index (χ4n) is 2.99. The van der Waals surface area contributed by atoms with Gasteiger partial charge in [0.1, 0.15) is 0 Å². The zero-order chi connectivity index (χ0) is 15.4. The molecule has 4 nitrogen and oxygen atoms in total. The first kappa shape index (κ1) is 16.0. The van der Waals surface area contributed by atoms with Crippen LogP contribution in [0.1, 0.15) is 43.5 Å². The highest BCUT2D eigenvalue weighted by Crippen LogP contribution is 2.36. The number of anilines is 2. The summed E-state index contributed by atoms with van der Waals surface area (Å²) in [5.74, 6) is 0.305. The van der Waals surface area contributed by atoms with E-state index in [9.17, 15) is 4.79 Å². The predicted molar refractivity (Wildman–Crippen MR) is 87.0 cm³/mol. The highest BCUT2D eigenvalue weighted by atomic mass is 35.5. The summed E-state index contributed by atoms with van der Waals surface area (Å²) in [7, 11) is 0. The Morgan fingerprint density at radius 1 is 1.48 bits per heavy atom. The highest BCUT2D eigenvalue weighted by molar-refractivity contribution is 6.34. The topological polar surface area (TPSA) is 55.6 Å². The van der Waals surface area contributed by atoms with E-state index in [1.807, 2.05) is 0 Å². The third-order valence-corrected chi connectivity index (χ3v) is 4.17. The molecule has 1 fully saturated rings. The third-order valence-electron chi connectivity index (χ3n) is 3.88. The second-order valence-electron chi connectivity index (χ2n) is 5.51. The van der Waals surface area contributed by atoms with Crippen molar-refractivity contribution < 1.29 is 9.53 Å². The number of rotatable bonds is 5. The van der Waals surface area contributed by atoms with Crippen LogP contribution in [0.3, 0.4) is 0 Å². The van der Waals surface area contributed by atoms with Crippen molar-refractivity contribution in [3.63, 3.8) is 0 Å². The quantitative estimate of drug-likeness (QED) is 0.665. The van der Waals surface area contributed by atoms with E-state index >= 15 is 0 Å². The Labute approximate surface area is 131 Å². The Hall–Kier alpha value is -1.42. The minimum absolute atomic E-state index is 0.336. The van der Waals surface area contributed by atoms with Gasteiger partial charge in [-0.05, 0) is 37.8 Å². The minimum atomic E-state index is -0.361. The van der Waals surface area contributed by atoms with Gasteiger partial charge >= 0.3 is 5.97 Å². The van der Waals surface area contributed by atoms with Crippen LogP contribution in [0.25, 0.3) is 0 Å². The van der Waals surface area contributed by atoms with Crippen LogP contribution in [-0.4, -0.2) is 25.7 Å². The lowest BCUT2D eigenvalue weighted by Gasteiger charge is -2.23. The molecule has 5 heteroatoms. The second-order valence-corrected chi connectivity index (χ2v) is 5.92. The number of esters is 1. The molecule has 1 heterocycles. The molecule has 1 saturated heterocycles. The van der Waals surface area contributed by atoms with Crippen molar-refractivity contribution in [2.75, 3.05) is 30.3 Å². The van der Waals surface area contributed by atoms with Crippen molar-refractivity contribution in [3.05, 3.63) is 22.7 Å². The molecular formula is C16H23ClN2O2. The van der Waals surface area contributed by atoms with E-state index in [1.54, 1.807) is 19.1 Å². The summed E-state index contributed by atoms with van der Waals surface area (Å²) in [6.07, 6.45) is 3.52. The van der Waals surface area contributed by atoms with Gasteiger partial charge in [0.15, 0.2) is 0 Å². The van der Waals surface area contributed by atoms with Crippen molar-refractivity contribution in [1.82, 2.24) is 0 Å². The Kier molecular flexibility index (Phi) is 5.34. The summed E-state index contributed by atoms with van der Waals surface area (Å²) in [6, 6.07) is 3.36. The Bertz CT molecular complexity index is 519. The van der Waals surface area contributed by atoms with Crippen molar-refractivity contribution >= 4 is 28.9 Å². The lowest BCUT2D eigenvalue weighted by molar-refractivity contribution is 0.0527. The fourth-order valence-corrected chi connectivity index (χ4v) is 3.33. The fraction of sp³-hybridized carbons (Fsp3) is 0.562. The second kappa shape index (κ2) is 7.03. The van der Waals surface area contributed by atoms with Crippen LogP contribution >= 0.6 is 11.6 Å². The van der Waals surface area contributed by atoms with Crippen molar-refractivity contribution in [3.8, 4) is 0 Å². The minimum Gasteiger partial charge on any atom is -0.462 e. The van der Waals surface area contributed by atoms with E-state index in [0.717, 1.165) is 25.2 Å². The summed E-state index contributed by atoms with van der Waals surface area (Å²) in [4.78, 5) is 14.4. The van der Waals surface area contributed by atoms with Crippen molar-refractivity contribution in [2.45, 2.75) is 33.1 Å². The molecule has 1 aliphatic rings. The first-order chi connectivity index (χ1) is 10.1. The normalized spacial score (nSPS) is 18.0. The SMILES string of the molecule is CCCC1CCN(c2c(Cl)cc(N)cc2C(=O)OCC)C1. The molecule has 2 N–H and O–H groups in total. The zero-order valence-electron chi connectivity index (χ0n) is 12.7. The largest absolute Gasteiger partial charge is 0.462 e. The molecule has 1 aromatic carbocycles. The van der Waals surface area contributed by atoms with Gasteiger partial charge in [-0.2, -0.15) is 0 Å². The number of hydrogen-bond donors (Lipinski definition) is 1. The monoisotopic (exact) mass is 310 g/mol. The number of halogens is 1. The molecule has 0 aromatic heterocycles. The summed E-state index contributed by atoms with van der Waals surface area (Å²) in [5, 5.41) is 0.523. The lowest BCUT2D eigenvalue weighted by Crippen LogP contribution is -2.23. The number of carbonyl (C=O) groups is 1. The Balaban J connectivity index is 2.32. The zero-order valence-corrected chi connectivity index (χ0v) is 13.4. The van der Waals surface area contributed by atoms with Gasteiger partial charge in [-0.1, -0.05) is 24.9 Å². The number of nitrogens with two attached hydrogens (primary N) is 1. The maximum absolute atomic E-state index is 12.2. The lowest BCUT2D eigenvalue weighted by atomic mass is 10.0. The number of hydrogen-bond acceptors (Lipinski definition) is 4. The maximum Gasteiger partial charge on any atom is 0.340 e. The molecule has 116 valence electrons. The number of benzene rings is 1. The number of nitrogen functional groups attached to an aromatic ring is 1. The van der Waals surface area contributed by atoms with E-state index in [-0.39, 0.29) is 5.97 Å². The van der Waals surface area contributed by atoms with E-state index in [1.165, 1.54) is 12.8 Å². The standard InChI is InChI=1S/C16H23ClN2O2/c1-3-5-11-6-7-19(10-11)15-13(16(20)21-4-2)8-12(18)9-14(15)17/h8-9,11H,3-7,10,18H2,1-2H3. The van der Waals surface area contributed by atoms with E-state index in [4.69, 9.17) is 22.1 Å². The molecule has 0 aliphatic carbocycles. The highest BCUT2D eigenvalue weighted by Gasteiger charge is 2.28. The number of nitrogens with zero attached hydrogens (tertiary/aromatic N) is 1. The summed E-state index contributed by atoms with van der Waals surface area (Å²) >= 11 is 6.35. The third kappa shape index (κ3) is 3.62. The van der Waals surface area contributed by atoms with Gasteiger partial charge in [-0.25, -0.2) is 4.79 Å². The molecule has 0 bridgehead atoms. The summed E-state index contributed by atoms with van der Waals surface area (Å²) in [5.41, 5.74) is 7.55. The van der Waals surface area contributed by atoms with E-state index < -0.39 is 0 Å². The maximum atomic E-state index is 12.2. The van der Waals surface area contributed by atoms with Gasteiger partial charge in [0.25, 0.3) is 0 Å². The molecule has 2 rings (SSSR count). The Morgan fingerprint density at radius 2 is 2.24 bits per heavy atom. The summed E-state index contributed by atoms with van der Waals surface area (Å²) in [6.45, 7) is 6.18. The molecule has 0 spiro atoms. The molecule has 1 atom stereocenters. The Morgan fingerprint density at radius 3 is 2.90 bits per heavy atom. The molecule has 21 heavy (non-hydrogen) atoms. The van der Waals surface area contributed by atoms with Gasteiger partial charge in [0, 0.05) is 18.8 Å². The van der Waals surface area contributed by atoms with Crippen molar-refractivity contribution in [2.24, 2.45) is 5.92 Å². The van der Waals surface area contributed by atoms with Crippen molar-refractivity contribution in [1.29, 1.82) is 0 Å². The summed E-state index contributed by atoms with van der Waals surface area (Å²) < 4.78 is 5.13. The van der Waals surface area contributed by atoms with Gasteiger partial charge in [0.2, 0.25) is 0 Å². The number of carbonyl (C=O) groups excluding carboxylic acids is 1. The first-order valence-corrected chi connectivity index (χ1v) is 7.95. The average Bonchev–Trinajstić information content (AvgIpc) is 2.86. The molecule has 1 aromatic rings. The first-order valence-electron chi connectivity index (χ1n) is 7.57. The molecular weight excluding hydrogens is 288 g/mol. The van der Waals surface area contributed by atoms with Gasteiger partial charge in [-0.3, -0.25) is 0 Å². The van der Waals surface area contributed by atoms with Gasteiger partial charge in [-0.15, -0.1) is 0 Å². The molecule has 0 saturated carbocycles. The van der Waals surface area contributed by atoms with E-state index in [2.05, 4.69) is 11.8 Å². The van der Waals surface area contributed by atoms with Crippen LogP contribution in [0.5, 0.6) is 0 Å². The van der Waals surface area contributed by atoms with Gasteiger partial charge in [0.05, 0.1) is 22.9 Å². The van der Waals surface area contributed by atoms with Crippen LogP contribution in [0.2, 0.25) is 5.02 Å². The molecule has 0 amide bonds. The molecule has 1 unspecified atom stereocenters. The molecule has 1 aliphatic heterocycles. The van der Waals surface area contributed by atoms with Crippen LogP contribution in [-0.2, 0) is 4.74 Å². The number of ether oxygens (including phenoxy) is 1. The smallest absolute Gasteiger partial charge is 0.340 e. The van der Waals surface area contributed by atoms with Crippen LogP contribution < -0.4 is 10.6 Å². The van der Waals surface area contributed by atoms with Crippen LogP contribution in [0, 0.1) is 5.92 Å².